The van der Waals surface area contributed by atoms with Crippen molar-refractivity contribution in [3.8, 4) is 33.6 Å². The number of benzene rings is 1. The summed E-state index contributed by atoms with van der Waals surface area (Å²) in [6, 6.07) is 9.83. The molecule has 1 N–H and O–H groups in total. The summed E-state index contributed by atoms with van der Waals surface area (Å²) in [5, 5.41) is 14.4. The van der Waals surface area contributed by atoms with Crippen molar-refractivity contribution in [3.05, 3.63) is 80.8 Å². The molecule has 0 spiro atoms. The van der Waals surface area contributed by atoms with Crippen LogP contribution in [0.1, 0.15) is 23.9 Å². The van der Waals surface area contributed by atoms with Gasteiger partial charge in [-0.1, -0.05) is 31.2 Å². The SMILES string of the molecule is CCc1ncc(C)c(=O)n1Cc1c2ccocc-2c(Br)c1-c1ccccc1-c1nnn[nH]1. The van der Waals surface area contributed by atoms with Crippen LogP contribution in [-0.2, 0) is 13.0 Å². The average molecular weight is 491 g/mol. The Bertz CT molecular complexity index is 1440. The van der Waals surface area contributed by atoms with Gasteiger partial charge >= 0.3 is 0 Å². The van der Waals surface area contributed by atoms with Crippen LogP contribution in [0.3, 0.4) is 0 Å². The van der Waals surface area contributed by atoms with E-state index in [1.807, 2.05) is 37.3 Å². The van der Waals surface area contributed by atoms with Crippen molar-refractivity contribution in [1.82, 2.24) is 30.2 Å². The molecule has 2 aromatic heterocycles. The maximum atomic E-state index is 13.1. The fourth-order valence-corrected chi connectivity index (χ4v) is 4.82. The fraction of sp³-hybridized carbons (Fsp3) is 0.174. The molecule has 32 heavy (non-hydrogen) atoms. The summed E-state index contributed by atoms with van der Waals surface area (Å²) >= 11 is 3.79. The lowest BCUT2D eigenvalue weighted by Crippen LogP contribution is -2.27. The Hall–Kier alpha value is -3.59. The third kappa shape index (κ3) is 3.25. The first kappa shape index (κ1) is 20.3. The predicted octanol–water partition coefficient (Wildman–Crippen LogP) is 4.47. The van der Waals surface area contributed by atoms with Crippen LogP contribution < -0.4 is 5.56 Å². The first-order valence-electron chi connectivity index (χ1n) is 10.1. The second kappa shape index (κ2) is 8.16. The van der Waals surface area contributed by atoms with Gasteiger partial charge in [-0.25, -0.2) is 10.1 Å². The topological polar surface area (TPSA) is 102 Å². The highest BCUT2D eigenvalue weighted by Gasteiger charge is 2.26. The third-order valence-corrected chi connectivity index (χ3v) is 6.43. The quantitative estimate of drug-likeness (QED) is 0.389. The normalized spacial score (nSPS) is 11.3. The van der Waals surface area contributed by atoms with E-state index in [-0.39, 0.29) is 5.56 Å². The van der Waals surface area contributed by atoms with E-state index in [0.717, 1.165) is 43.7 Å². The van der Waals surface area contributed by atoms with Gasteiger partial charge < -0.3 is 4.42 Å². The van der Waals surface area contributed by atoms with Crippen LogP contribution in [0, 0.1) is 6.92 Å². The van der Waals surface area contributed by atoms with Crippen LogP contribution in [0.4, 0.5) is 0 Å². The molecule has 2 aliphatic rings. The molecule has 3 heterocycles. The fourth-order valence-electron chi connectivity index (χ4n) is 4.06. The number of aromatic amines is 1. The van der Waals surface area contributed by atoms with Crippen molar-refractivity contribution >= 4 is 15.9 Å². The van der Waals surface area contributed by atoms with E-state index in [0.29, 0.717) is 24.4 Å². The summed E-state index contributed by atoms with van der Waals surface area (Å²) in [4.78, 5) is 17.6. The largest absolute Gasteiger partial charge is 0.472 e. The maximum Gasteiger partial charge on any atom is 0.256 e. The summed E-state index contributed by atoms with van der Waals surface area (Å²) in [7, 11) is 0. The molecule has 0 saturated carbocycles. The highest BCUT2D eigenvalue weighted by atomic mass is 79.9. The Kier molecular flexibility index (Phi) is 5.18. The van der Waals surface area contributed by atoms with Gasteiger partial charge in [-0.3, -0.25) is 9.36 Å². The Balaban J connectivity index is 1.80. The summed E-state index contributed by atoms with van der Waals surface area (Å²) < 4.78 is 8.11. The van der Waals surface area contributed by atoms with E-state index in [2.05, 4.69) is 41.5 Å². The lowest BCUT2D eigenvalue weighted by Gasteiger charge is -2.15. The maximum absolute atomic E-state index is 13.1. The van der Waals surface area contributed by atoms with Crippen LogP contribution in [0.2, 0.25) is 0 Å². The number of hydrogen-bond donors (Lipinski definition) is 1. The van der Waals surface area contributed by atoms with Crippen molar-refractivity contribution in [3.63, 3.8) is 0 Å². The second-order valence-electron chi connectivity index (χ2n) is 7.45. The first-order chi connectivity index (χ1) is 15.6. The van der Waals surface area contributed by atoms with Crippen molar-refractivity contribution in [2.24, 2.45) is 0 Å². The zero-order valence-electron chi connectivity index (χ0n) is 17.5. The minimum Gasteiger partial charge on any atom is -0.472 e. The van der Waals surface area contributed by atoms with Gasteiger partial charge in [0.1, 0.15) is 5.82 Å². The molecule has 0 amide bonds. The minimum atomic E-state index is -0.0402. The zero-order chi connectivity index (χ0) is 22.2. The minimum absolute atomic E-state index is 0.0402. The molecule has 1 aliphatic heterocycles. The average Bonchev–Trinajstić information content (AvgIpc) is 3.45. The molecule has 9 heteroatoms. The third-order valence-electron chi connectivity index (χ3n) is 5.60. The Morgan fingerprint density at radius 1 is 1.12 bits per heavy atom. The number of fused-ring (bicyclic) bond motifs is 1. The zero-order valence-corrected chi connectivity index (χ0v) is 19.0. The van der Waals surface area contributed by atoms with Crippen molar-refractivity contribution in [1.29, 1.82) is 0 Å². The Morgan fingerprint density at radius 2 is 1.94 bits per heavy atom. The number of nitrogens with one attached hydrogen (secondary N) is 1. The van der Waals surface area contributed by atoms with E-state index in [1.165, 1.54) is 0 Å². The number of aromatic nitrogens is 6. The molecule has 8 nitrogen and oxygen atoms in total. The van der Waals surface area contributed by atoms with Crippen LogP contribution in [0.25, 0.3) is 33.6 Å². The molecule has 1 aromatic carbocycles. The molecule has 0 atom stereocenters. The molecule has 0 radical (unpaired) electrons. The Labute approximate surface area is 191 Å². The standard InChI is InChI=1S/C23H19BrN6O2/c1-3-19-25-10-13(2)23(31)30(19)11-17-14-8-9-32-12-18(14)21(24)20(17)15-6-4-5-7-16(15)22-26-28-29-27-22/h4-10,12H,3,11H2,1-2H3,(H,26,27,28,29). The number of halogens is 1. The van der Waals surface area contributed by atoms with Crippen LogP contribution in [0.5, 0.6) is 0 Å². The van der Waals surface area contributed by atoms with Crippen LogP contribution >= 0.6 is 15.9 Å². The number of tetrazole rings is 1. The van der Waals surface area contributed by atoms with E-state index >= 15 is 0 Å². The van der Waals surface area contributed by atoms with Crippen molar-refractivity contribution < 1.29 is 4.42 Å². The molecule has 0 fully saturated rings. The number of aryl methyl sites for hydroxylation is 2. The number of nitrogens with zero attached hydrogens (tertiary/aromatic N) is 5. The lowest BCUT2D eigenvalue weighted by atomic mass is 9.97. The molecule has 160 valence electrons. The van der Waals surface area contributed by atoms with Gasteiger partial charge in [-0.2, -0.15) is 0 Å². The highest BCUT2D eigenvalue weighted by Crippen LogP contribution is 2.48. The smallest absolute Gasteiger partial charge is 0.256 e. The van der Waals surface area contributed by atoms with Gasteiger partial charge in [0.05, 0.1) is 19.1 Å². The number of rotatable bonds is 5. The van der Waals surface area contributed by atoms with Crippen LogP contribution in [0.15, 0.2) is 62.7 Å². The van der Waals surface area contributed by atoms with Gasteiger partial charge in [0.25, 0.3) is 5.56 Å². The molecule has 1 aliphatic carbocycles. The van der Waals surface area contributed by atoms with E-state index in [4.69, 9.17) is 4.42 Å². The van der Waals surface area contributed by atoms with Crippen molar-refractivity contribution in [2.45, 2.75) is 26.8 Å². The van der Waals surface area contributed by atoms with Crippen LogP contribution in [-0.4, -0.2) is 30.2 Å². The number of hydrogen-bond acceptors (Lipinski definition) is 6. The predicted molar refractivity (Wildman–Crippen MR) is 123 cm³/mol. The summed E-state index contributed by atoms with van der Waals surface area (Å²) in [6.45, 7) is 4.16. The lowest BCUT2D eigenvalue weighted by molar-refractivity contribution is 0.551. The van der Waals surface area contributed by atoms with Gasteiger partial charge in [-0.15, -0.1) is 5.10 Å². The molecule has 5 rings (SSSR count). The van der Waals surface area contributed by atoms with Crippen molar-refractivity contribution in [2.75, 3.05) is 0 Å². The highest BCUT2D eigenvalue weighted by molar-refractivity contribution is 9.10. The summed E-state index contributed by atoms with van der Waals surface area (Å²) in [5.41, 5.74) is 6.25. The summed E-state index contributed by atoms with van der Waals surface area (Å²) in [6.07, 6.45) is 5.65. The van der Waals surface area contributed by atoms with Gasteiger partial charge in [0.15, 0.2) is 5.82 Å². The molecular weight excluding hydrogens is 472 g/mol. The Morgan fingerprint density at radius 3 is 2.69 bits per heavy atom. The summed E-state index contributed by atoms with van der Waals surface area (Å²) in [5.74, 6) is 1.31. The van der Waals surface area contributed by atoms with Gasteiger partial charge in [-0.05, 0) is 56.0 Å². The number of H-pyrrole nitrogens is 1. The molecule has 3 aromatic rings. The van der Waals surface area contributed by atoms with Gasteiger partial charge in [0.2, 0.25) is 0 Å². The molecule has 0 bridgehead atoms. The van der Waals surface area contributed by atoms with E-state index in [1.54, 1.807) is 30.2 Å². The monoisotopic (exact) mass is 490 g/mol. The second-order valence-corrected chi connectivity index (χ2v) is 8.24. The van der Waals surface area contributed by atoms with E-state index in [9.17, 15) is 4.79 Å². The molecular formula is C23H19BrN6O2. The van der Waals surface area contributed by atoms with E-state index < -0.39 is 0 Å². The first-order valence-corrected chi connectivity index (χ1v) is 10.9. The molecule has 0 saturated heterocycles. The molecule has 0 unspecified atom stereocenters. The van der Waals surface area contributed by atoms with Gasteiger partial charge in [0, 0.05) is 39.3 Å².